The highest BCUT2D eigenvalue weighted by Gasteiger charge is 2.17. The van der Waals surface area contributed by atoms with Crippen molar-refractivity contribution in [1.29, 1.82) is 0 Å². The molecule has 0 aromatic heterocycles. The number of methoxy groups -OCH3 is 1. The zero-order chi connectivity index (χ0) is 16.8. The summed E-state index contributed by atoms with van der Waals surface area (Å²) in [6.45, 7) is 4.65. The molecule has 124 valence electrons. The average Bonchev–Trinajstić information content (AvgIpc) is 2.60. The van der Waals surface area contributed by atoms with Crippen LogP contribution in [-0.4, -0.2) is 44.6 Å². The molecule has 0 radical (unpaired) electrons. The van der Waals surface area contributed by atoms with Gasteiger partial charge in [-0.1, -0.05) is 12.1 Å². The number of rotatable bonds is 5. The summed E-state index contributed by atoms with van der Waals surface area (Å²) in [4.78, 5) is 13.1. The number of morpholine rings is 1. The van der Waals surface area contributed by atoms with Gasteiger partial charge >= 0.3 is 0 Å². The summed E-state index contributed by atoms with van der Waals surface area (Å²) >= 11 is 0. The second-order valence-corrected chi connectivity index (χ2v) is 5.34. The lowest BCUT2D eigenvalue weighted by molar-refractivity contribution is 0.0526. The quantitative estimate of drug-likeness (QED) is 0.482. The van der Waals surface area contributed by atoms with E-state index in [-0.39, 0.29) is 0 Å². The number of benzene rings is 1. The molecule has 0 bridgehead atoms. The van der Waals surface area contributed by atoms with Gasteiger partial charge in [0.05, 0.1) is 26.0 Å². The van der Waals surface area contributed by atoms with E-state index in [0.29, 0.717) is 30.4 Å². The topological polar surface area (TPSA) is 90.8 Å². The largest absolute Gasteiger partial charge is 0.481 e. The molecule has 0 unspecified atom stereocenters. The van der Waals surface area contributed by atoms with Gasteiger partial charge in [-0.05, 0) is 24.6 Å². The van der Waals surface area contributed by atoms with Gasteiger partial charge in [0.15, 0.2) is 0 Å². The first-order valence-electron chi connectivity index (χ1n) is 7.46. The number of carbonyl (C=O) groups excluding carboxylic acids is 1. The number of hydrogen-bond acceptors (Lipinski definition) is 6. The number of carbonyl (C=O) groups is 1. The maximum atomic E-state index is 11.0. The van der Waals surface area contributed by atoms with Crippen LogP contribution >= 0.6 is 0 Å². The molecule has 1 aromatic carbocycles. The van der Waals surface area contributed by atoms with E-state index >= 15 is 0 Å². The molecule has 1 aliphatic rings. The Balaban J connectivity index is 2.40. The predicted molar refractivity (Wildman–Crippen MR) is 89.3 cm³/mol. The van der Waals surface area contributed by atoms with Crippen LogP contribution < -0.4 is 11.5 Å². The maximum absolute atomic E-state index is 11.0. The Labute approximate surface area is 136 Å². The smallest absolute Gasteiger partial charge is 0.208 e. The lowest BCUT2D eigenvalue weighted by atomic mass is 10.0. The van der Waals surface area contributed by atoms with Crippen LogP contribution in [0.15, 0.2) is 35.9 Å². The van der Waals surface area contributed by atoms with Crippen molar-refractivity contribution < 1.29 is 14.3 Å². The number of allylic oxidation sites excluding steroid dienone is 1. The van der Waals surface area contributed by atoms with Gasteiger partial charge in [-0.25, -0.2) is 0 Å². The lowest BCUT2D eigenvalue weighted by Crippen LogP contribution is -2.36. The predicted octanol–water partition coefficient (Wildman–Crippen LogP) is 1.21. The number of aryl methyl sites for hydroxylation is 1. The van der Waals surface area contributed by atoms with Crippen molar-refractivity contribution in [2.45, 2.75) is 6.92 Å². The van der Waals surface area contributed by atoms with Crippen LogP contribution in [0.4, 0.5) is 0 Å². The minimum atomic E-state index is 0.305. The van der Waals surface area contributed by atoms with Gasteiger partial charge in [-0.2, -0.15) is 0 Å². The molecule has 0 atom stereocenters. The van der Waals surface area contributed by atoms with Crippen LogP contribution in [0.1, 0.15) is 21.5 Å². The van der Waals surface area contributed by atoms with E-state index in [0.717, 1.165) is 36.2 Å². The van der Waals surface area contributed by atoms with Gasteiger partial charge < -0.3 is 25.8 Å². The third kappa shape index (κ3) is 4.04. The van der Waals surface area contributed by atoms with E-state index in [4.69, 9.17) is 20.9 Å². The molecule has 0 amide bonds. The first-order valence-corrected chi connectivity index (χ1v) is 7.46. The Bertz CT molecular complexity index is 632. The molecule has 0 spiro atoms. The zero-order valence-corrected chi connectivity index (χ0v) is 13.5. The van der Waals surface area contributed by atoms with Gasteiger partial charge in [-0.3, -0.25) is 4.79 Å². The molecular formula is C17H23N3O3. The van der Waals surface area contributed by atoms with Gasteiger partial charge in [0, 0.05) is 29.9 Å². The van der Waals surface area contributed by atoms with Crippen LogP contribution in [0, 0.1) is 6.92 Å². The average molecular weight is 317 g/mol. The minimum Gasteiger partial charge on any atom is -0.481 e. The first kappa shape index (κ1) is 16.9. The normalized spacial score (nSPS) is 16.8. The molecule has 23 heavy (non-hydrogen) atoms. The fourth-order valence-corrected chi connectivity index (χ4v) is 2.48. The Hall–Kier alpha value is -2.47. The molecular weight excluding hydrogens is 294 g/mol. The number of nitrogens with two attached hydrogens (primary N) is 2. The molecule has 6 heteroatoms. The van der Waals surface area contributed by atoms with E-state index in [1.54, 1.807) is 18.2 Å². The number of aldehydes is 1. The minimum absolute atomic E-state index is 0.305. The molecule has 1 saturated heterocycles. The van der Waals surface area contributed by atoms with Gasteiger partial charge in [0.1, 0.15) is 6.29 Å². The Morgan fingerprint density at radius 2 is 2.00 bits per heavy atom. The summed E-state index contributed by atoms with van der Waals surface area (Å²) in [5.41, 5.74) is 15.9. The van der Waals surface area contributed by atoms with Crippen molar-refractivity contribution >= 4 is 12.0 Å². The molecule has 1 fully saturated rings. The molecule has 1 aromatic rings. The number of nitrogens with zero attached hydrogens (tertiary/aromatic N) is 1. The third-order valence-corrected chi connectivity index (χ3v) is 3.83. The van der Waals surface area contributed by atoms with Crippen molar-refractivity contribution in [2.24, 2.45) is 11.5 Å². The fourth-order valence-electron chi connectivity index (χ4n) is 2.48. The van der Waals surface area contributed by atoms with Crippen LogP contribution in [0.3, 0.4) is 0 Å². The van der Waals surface area contributed by atoms with Gasteiger partial charge in [0.25, 0.3) is 0 Å². The zero-order valence-electron chi connectivity index (χ0n) is 13.5. The number of hydrogen-bond donors (Lipinski definition) is 2. The van der Waals surface area contributed by atoms with Crippen molar-refractivity contribution in [3.05, 3.63) is 52.5 Å². The van der Waals surface area contributed by atoms with E-state index in [2.05, 4.69) is 4.90 Å². The van der Waals surface area contributed by atoms with E-state index in [9.17, 15) is 4.79 Å². The Morgan fingerprint density at radius 3 is 2.61 bits per heavy atom. The highest BCUT2D eigenvalue weighted by Crippen LogP contribution is 2.21. The summed E-state index contributed by atoms with van der Waals surface area (Å²) in [6, 6.07) is 5.41. The SMILES string of the molecule is CO/C(N)=C(/C=C(\N)c1cc(C=O)ccc1C)N1CCOCC1. The second-order valence-electron chi connectivity index (χ2n) is 5.34. The lowest BCUT2D eigenvalue weighted by Gasteiger charge is -2.30. The van der Waals surface area contributed by atoms with Crippen molar-refractivity contribution in [3.8, 4) is 0 Å². The molecule has 0 aliphatic carbocycles. The van der Waals surface area contributed by atoms with Crippen LogP contribution in [0.2, 0.25) is 0 Å². The van der Waals surface area contributed by atoms with Crippen LogP contribution in [-0.2, 0) is 9.47 Å². The summed E-state index contributed by atoms with van der Waals surface area (Å²) < 4.78 is 10.6. The summed E-state index contributed by atoms with van der Waals surface area (Å²) in [5, 5.41) is 0. The summed E-state index contributed by atoms with van der Waals surface area (Å²) in [7, 11) is 1.53. The first-order chi connectivity index (χ1) is 11.1. The molecule has 1 heterocycles. The highest BCUT2D eigenvalue weighted by molar-refractivity contribution is 5.79. The fraction of sp³-hybridized carbons (Fsp3) is 0.353. The molecule has 0 saturated carbocycles. The van der Waals surface area contributed by atoms with Crippen molar-refractivity contribution in [3.63, 3.8) is 0 Å². The van der Waals surface area contributed by atoms with Crippen LogP contribution in [0.5, 0.6) is 0 Å². The summed E-state index contributed by atoms with van der Waals surface area (Å²) in [5.74, 6) is 0.305. The van der Waals surface area contributed by atoms with Gasteiger partial charge in [0.2, 0.25) is 5.88 Å². The molecule has 1 aliphatic heterocycles. The number of ether oxygens (including phenoxy) is 2. The van der Waals surface area contributed by atoms with E-state index in [1.807, 2.05) is 13.0 Å². The molecule has 6 nitrogen and oxygen atoms in total. The van der Waals surface area contributed by atoms with E-state index < -0.39 is 0 Å². The summed E-state index contributed by atoms with van der Waals surface area (Å²) in [6.07, 6.45) is 2.60. The van der Waals surface area contributed by atoms with Crippen molar-refractivity contribution in [1.82, 2.24) is 4.90 Å². The van der Waals surface area contributed by atoms with E-state index in [1.165, 1.54) is 7.11 Å². The van der Waals surface area contributed by atoms with Gasteiger partial charge in [-0.15, -0.1) is 0 Å². The Morgan fingerprint density at radius 1 is 1.30 bits per heavy atom. The second kappa shape index (κ2) is 7.69. The Kier molecular flexibility index (Phi) is 5.65. The van der Waals surface area contributed by atoms with Crippen LogP contribution in [0.25, 0.3) is 5.70 Å². The highest BCUT2D eigenvalue weighted by atomic mass is 16.5. The molecule has 4 N–H and O–H groups in total. The monoisotopic (exact) mass is 317 g/mol. The maximum Gasteiger partial charge on any atom is 0.208 e. The molecule has 2 rings (SSSR count). The third-order valence-electron chi connectivity index (χ3n) is 3.83. The standard InChI is InChI=1S/C17H23N3O3/c1-12-3-4-13(11-21)9-14(12)15(18)10-16(17(19)22-2)20-5-7-23-8-6-20/h3-4,9-11H,5-8,18-19H2,1-2H3/b15-10-,17-16-. The van der Waals surface area contributed by atoms with Crippen molar-refractivity contribution in [2.75, 3.05) is 33.4 Å².